The van der Waals surface area contributed by atoms with Crippen LogP contribution in [-0.4, -0.2) is 65.0 Å². The summed E-state index contributed by atoms with van der Waals surface area (Å²) in [6.45, 7) is 75.9. The highest BCUT2D eigenvalue weighted by Gasteiger charge is 2.55. The second kappa shape index (κ2) is 92.1. The fourth-order valence-corrected chi connectivity index (χ4v) is 19.2. The number of ether oxygens (including phenoxy) is 2. The molecule has 128 heavy (non-hydrogen) atoms. The predicted octanol–water partition coefficient (Wildman–Crippen LogP) is 37.0. The molecule has 0 aromatic rings. The lowest BCUT2D eigenvalue weighted by Crippen LogP contribution is -2.51. The molecular formula is C118H243N3O7. The molecule has 0 atom stereocenters. The van der Waals surface area contributed by atoms with Crippen molar-refractivity contribution >= 4 is 29.7 Å². The van der Waals surface area contributed by atoms with Gasteiger partial charge in [0.2, 0.25) is 17.7 Å². The first-order valence-electron chi connectivity index (χ1n) is 56.4. The van der Waals surface area contributed by atoms with E-state index in [4.69, 9.17) is 0 Å². The van der Waals surface area contributed by atoms with Gasteiger partial charge in [-0.3, -0.25) is 24.0 Å². The molecule has 13 rings (SSSR count). The third kappa shape index (κ3) is 78.5. The SMILES string of the molecule is CC(C)(C)C12CC3CC(CC(C3)C1)C2.CC1CCC(C)CC1.CC1CCC(C)CC1.CC1CCC(C)CC1.CC1CCC(C)CC1.CCC.CCC.CCC.CCC.CCC.CCC.CCC.CCC.CCC.CNC(=O)C1CCC(C)CC1.CNC(=O)C1CCC(C)CC1.CNC(=O)C1CCC(C)CC1.COC(=O)C1CCC(C)CC1.COC(=O)C1CCC(C)CC1. The molecule has 0 aliphatic heterocycles. The summed E-state index contributed by atoms with van der Waals surface area (Å²) in [7, 11) is 8.11. The molecule has 13 aliphatic rings. The maximum Gasteiger partial charge on any atom is 0.308 e. The van der Waals surface area contributed by atoms with Crippen LogP contribution in [0.3, 0.4) is 0 Å². The van der Waals surface area contributed by atoms with Crippen molar-refractivity contribution in [2.45, 2.75) is 563 Å². The van der Waals surface area contributed by atoms with Crippen LogP contribution in [0.5, 0.6) is 0 Å². The van der Waals surface area contributed by atoms with Crippen molar-refractivity contribution in [2.75, 3.05) is 35.4 Å². The summed E-state index contributed by atoms with van der Waals surface area (Å²) in [6, 6.07) is 0. The molecule has 10 heteroatoms. The lowest BCUT2D eigenvalue weighted by Gasteiger charge is -2.62. The number of carbonyl (C=O) groups excluding carboxylic acids is 5. The van der Waals surface area contributed by atoms with Crippen LogP contribution in [0.25, 0.3) is 0 Å². The zero-order valence-corrected chi connectivity index (χ0v) is 95.0. The topological polar surface area (TPSA) is 140 Å². The Bertz CT molecular complexity index is 1930. The molecule has 772 valence electrons. The first-order chi connectivity index (χ1) is 60.5. The molecule has 4 bridgehead atoms. The number of rotatable bonds is 5. The Hall–Kier alpha value is -2.65. The standard InChI is InChI=1S/C14H24.3C9H17NO.2C9H16O2.4C8H16.9C3H8/c1-13(2,3)14-7-10-4-11(8-14)6-12(5-10)9-14;3*1-7-3-5-8(6-4-7)9(11)10-2;2*1-7-3-5-8(6-4-7)9(10)11-2;4*1-7-3-5-8(2)6-4-7;9*1-3-2/h10-12H,4-9H2,1-3H3;3*7-8H,3-6H2,1-2H3,(H,10,11);2*7-8H,3-6H2,1-2H3;4*7-8H,3-6H2,1-2H3;9*3H2,1-2H3. The van der Waals surface area contributed by atoms with E-state index in [1.807, 2.05) is 0 Å². The van der Waals surface area contributed by atoms with Gasteiger partial charge >= 0.3 is 11.9 Å². The highest BCUT2D eigenvalue weighted by molar-refractivity contribution is 5.79. The minimum Gasteiger partial charge on any atom is -0.469 e. The minimum atomic E-state index is -0.0168. The van der Waals surface area contributed by atoms with E-state index in [-0.39, 0.29) is 41.5 Å². The van der Waals surface area contributed by atoms with E-state index in [0.717, 1.165) is 164 Å². The van der Waals surface area contributed by atoms with Crippen LogP contribution >= 0.6 is 0 Å². The van der Waals surface area contributed by atoms with Crippen molar-refractivity contribution in [2.24, 2.45) is 135 Å². The van der Waals surface area contributed by atoms with Gasteiger partial charge in [-0.15, -0.1) is 0 Å². The van der Waals surface area contributed by atoms with E-state index in [9.17, 15) is 24.0 Å². The summed E-state index contributed by atoms with van der Waals surface area (Å²) in [4.78, 5) is 55.6. The molecule has 13 fully saturated rings. The fraction of sp³-hybridized carbons (Fsp3) is 0.958. The van der Waals surface area contributed by atoms with Gasteiger partial charge in [-0.25, -0.2) is 0 Å². The number of carbonyl (C=O) groups is 5. The van der Waals surface area contributed by atoms with Crippen molar-refractivity contribution < 1.29 is 33.4 Å². The van der Waals surface area contributed by atoms with Crippen LogP contribution in [0, 0.1) is 135 Å². The van der Waals surface area contributed by atoms with E-state index in [1.165, 1.54) is 239 Å². The molecule has 0 aromatic heterocycles. The van der Waals surface area contributed by atoms with Crippen molar-refractivity contribution in [3.63, 3.8) is 0 Å². The molecule has 13 aliphatic carbocycles. The number of amides is 3. The predicted molar refractivity (Wildman–Crippen MR) is 573 cm³/mol. The molecule has 10 nitrogen and oxygen atoms in total. The monoisotopic (exact) mass is 1810 g/mol. The molecule has 0 saturated heterocycles. The fourth-order valence-electron chi connectivity index (χ4n) is 19.2. The third-order valence-corrected chi connectivity index (χ3v) is 27.8. The molecule has 13 saturated carbocycles. The maximum absolute atomic E-state index is 11.2. The van der Waals surface area contributed by atoms with Gasteiger partial charge < -0.3 is 25.4 Å². The second-order valence-electron chi connectivity index (χ2n) is 44.9. The molecule has 0 aromatic carbocycles. The summed E-state index contributed by atoms with van der Waals surface area (Å²) >= 11 is 0. The Labute approximate surface area is 807 Å². The summed E-state index contributed by atoms with van der Waals surface area (Å²) in [5, 5.41) is 8.13. The number of methoxy groups -OCH3 is 2. The lowest BCUT2D eigenvalue weighted by molar-refractivity contribution is -0.147. The smallest absolute Gasteiger partial charge is 0.308 e. The first kappa shape index (κ1) is 138. The van der Waals surface area contributed by atoms with Crippen molar-refractivity contribution in [3.8, 4) is 0 Å². The normalized spacial score (nSPS) is 30.3. The second-order valence-corrected chi connectivity index (χ2v) is 44.9. The van der Waals surface area contributed by atoms with Crippen LogP contribution in [0.1, 0.15) is 563 Å². The molecular weight excluding hydrogens is 1570 g/mol. The molecule has 0 radical (unpaired) electrons. The van der Waals surface area contributed by atoms with E-state index in [2.05, 4.69) is 261 Å². The average Bonchev–Trinajstić information content (AvgIpc) is 0.730. The highest BCUT2D eigenvalue weighted by atomic mass is 16.5. The highest BCUT2D eigenvalue weighted by Crippen LogP contribution is 2.66. The van der Waals surface area contributed by atoms with Gasteiger partial charge in [-0.05, 0) is 272 Å². The largest absolute Gasteiger partial charge is 0.469 e. The zero-order chi connectivity index (χ0) is 99.6. The van der Waals surface area contributed by atoms with Crippen molar-refractivity contribution in [1.82, 2.24) is 16.0 Å². The lowest BCUT2D eigenvalue weighted by atomic mass is 9.43. The first-order valence-corrected chi connectivity index (χ1v) is 56.4. The average molecular weight is 1820 g/mol. The quantitative estimate of drug-likeness (QED) is 0.233. The summed E-state index contributed by atoms with van der Waals surface area (Å²) in [6.07, 6.45) is 66.9. The van der Waals surface area contributed by atoms with E-state index >= 15 is 0 Å². The summed E-state index contributed by atoms with van der Waals surface area (Å²) < 4.78 is 9.37. The maximum atomic E-state index is 11.2. The third-order valence-electron chi connectivity index (χ3n) is 27.8. The van der Waals surface area contributed by atoms with Crippen LogP contribution < -0.4 is 16.0 Å². The van der Waals surface area contributed by atoms with Crippen LogP contribution in [0.2, 0.25) is 0 Å². The van der Waals surface area contributed by atoms with Crippen LogP contribution in [0.4, 0.5) is 0 Å². The molecule has 0 spiro atoms. The van der Waals surface area contributed by atoms with Crippen molar-refractivity contribution in [1.29, 1.82) is 0 Å². The number of hydrogen-bond acceptors (Lipinski definition) is 7. The molecule has 0 unspecified atom stereocenters. The minimum absolute atomic E-state index is 0.0168. The summed E-state index contributed by atoms with van der Waals surface area (Å²) in [5.41, 5.74) is 1.30. The van der Waals surface area contributed by atoms with Gasteiger partial charge in [0, 0.05) is 38.9 Å². The number of esters is 2. The van der Waals surface area contributed by atoms with Gasteiger partial charge in [0.25, 0.3) is 0 Å². The van der Waals surface area contributed by atoms with E-state index in [0.29, 0.717) is 23.2 Å². The Morgan fingerprint density at radius 1 is 0.227 bits per heavy atom. The zero-order valence-electron chi connectivity index (χ0n) is 95.0. The van der Waals surface area contributed by atoms with Crippen molar-refractivity contribution in [3.05, 3.63) is 0 Å². The summed E-state index contributed by atoms with van der Waals surface area (Å²) in [5.74, 6) is 17.5. The Balaban J connectivity index is -0.000000247. The molecule has 3 amide bonds. The van der Waals surface area contributed by atoms with Gasteiger partial charge in [0.15, 0.2) is 0 Å². The van der Waals surface area contributed by atoms with Crippen LogP contribution in [0.15, 0.2) is 0 Å². The van der Waals surface area contributed by atoms with Gasteiger partial charge in [-0.2, -0.15) is 0 Å². The number of hydrogen-bond donors (Lipinski definition) is 3. The number of nitrogens with one attached hydrogen (secondary N) is 3. The Kier molecular flexibility index (Phi) is 99.5. The van der Waals surface area contributed by atoms with Gasteiger partial charge in [0.1, 0.15) is 0 Å². The Morgan fingerprint density at radius 2 is 0.336 bits per heavy atom. The Morgan fingerprint density at radius 3 is 0.438 bits per heavy atom. The van der Waals surface area contributed by atoms with Crippen LogP contribution in [-0.2, 0) is 33.4 Å². The van der Waals surface area contributed by atoms with Gasteiger partial charge in [-0.1, -0.05) is 396 Å². The van der Waals surface area contributed by atoms with E-state index < -0.39 is 0 Å². The molecule has 0 heterocycles. The van der Waals surface area contributed by atoms with E-state index in [1.54, 1.807) is 59.7 Å². The van der Waals surface area contributed by atoms with Gasteiger partial charge in [0.05, 0.1) is 26.1 Å². The molecule has 3 N–H and O–H groups in total.